The van der Waals surface area contributed by atoms with Crippen LogP contribution in [0.4, 0.5) is 0 Å². The van der Waals surface area contributed by atoms with Gasteiger partial charge < -0.3 is 5.11 Å². The van der Waals surface area contributed by atoms with Crippen molar-refractivity contribution in [2.45, 2.75) is 38.7 Å². The van der Waals surface area contributed by atoms with Gasteiger partial charge >= 0.3 is 0 Å². The van der Waals surface area contributed by atoms with E-state index in [2.05, 4.69) is 11.1 Å². The Kier molecular flexibility index (Phi) is 1.88. The minimum Gasteiger partial charge on any atom is -0.384 e. The predicted molar refractivity (Wildman–Crippen MR) is 51.5 cm³/mol. The van der Waals surface area contributed by atoms with Crippen LogP contribution in [0.3, 0.4) is 0 Å². The van der Waals surface area contributed by atoms with Gasteiger partial charge in [0.1, 0.15) is 5.60 Å². The normalized spacial score (nSPS) is 26.1. The van der Waals surface area contributed by atoms with Gasteiger partial charge in [0.25, 0.3) is 0 Å². The van der Waals surface area contributed by atoms with Crippen LogP contribution in [0.1, 0.15) is 36.7 Å². The highest BCUT2D eigenvalue weighted by atomic mass is 16.3. The molecule has 1 N–H and O–H groups in total. The van der Waals surface area contributed by atoms with Gasteiger partial charge in [-0.05, 0) is 37.8 Å². The number of aryl methyl sites for hydroxylation is 2. The molecule has 1 aromatic heterocycles. The molecule has 0 spiro atoms. The van der Waals surface area contributed by atoms with Gasteiger partial charge in [0.05, 0.1) is 5.69 Å². The summed E-state index contributed by atoms with van der Waals surface area (Å²) in [5.74, 6) is 0. The summed E-state index contributed by atoms with van der Waals surface area (Å²) in [7, 11) is 0. The average molecular weight is 177 g/mol. The fourth-order valence-electron chi connectivity index (χ4n) is 1.99. The van der Waals surface area contributed by atoms with E-state index in [1.807, 2.05) is 19.9 Å². The number of fused-ring (bicyclic) bond motifs is 1. The molecular formula is C11H15NO. The van der Waals surface area contributed by atoms with Gasteiger partial charge in [-0.1, -0.05) is 13.0 Å². The molecule has 1 aliphatic carbocycles. The fourth-order valence-corrected chi connectivity index (χ4v) is 1.99. The maximum absolute atomic E-state index is 10.2. The summed E-state index contributed by atoms with van der Waals surface area (Å²) in [6.07, 6.45) is 2.55. The highest BCUT2D eigenvalue weighted by Gasteiger charge is 2.36. The monoisotopic (exact) mass is 177 g/mol. The molecule has 1 aliphatic rings. The molecule has 0 amide bonds. The first-order valence-corrected chi connectivity index (χ1v) is 4.85. The zero-order chi connectivity index (χ0) is 9.47. The maximum atomic E-state index is 10.2. The predicted octanol–water partition coefficient (Wildman–Crippen LogP) is 1.93. The first kappa shape index (κ1) is 8.70. The van der Waals surface area contributed by atoms with Gasteiger partial charge in [-0.15, -0.1) is 0 Å². The zero-order valence-electron chi connectivity index (χ0n) is 8.17. The molecule has 0 radical (unpaired) electrons. The van der Waals surface area contributed by atoms with Crippen LogP contribution in [0.2, 0.25) is 0 Å². The first-order chi connectivity index (χ1) is 6.15. The fraction of sp³-hybridized carbons (Fsp3) is 0.545. The number of aliphatic hydroxyl groups is 1. The van der Waals surface area contributed by atoms with Crippen LogP contribution >= 0.6 is 0 Å². The summed E-state index contributed by atoms with van der Waals surface area (Å²) in [5, 5.41) is 10.2. The van der Waals surface area contributed by atoms with Crippen LogP contribution in [-0.2, 0) is 12.0 Å². The molecule has 0 aliphatic heterocycles. The first-order valence-electron chi connectivity index (χ1n) is 4.85. The molecule has 70 valence electrons. The van der Waals surface area contributed by atoms with Gasteiger partial charge in [-0.3, -0.25) is 4.98 Å². The molecule has 0 fully saturated rings. The van der Waals surface area contributed by atoms with E-state index in [1.165, 1.54) is 5.56 Å². The Labute approximate surface area is 78.6 Å². The number of hydrogen-bond acceptors (Lipinski definition) is 2. The van der Waals surface area contributed by atoms with Gasteiger partial charge in [0.2, 0.25) is 0 Å². The third kappa shape index (κ3) is 1.25. The topological polar surface area (TPSA) is 33.1 Å². The number of hydrogen-bond donors (Lipinski definition) is 1. The lowest BCUT2D eigenvalue weighted by Crippen LogP contribution is -2.22. The molecule has 1 aromatic rings. The quantitative estimate of drug-likeness (QED) is 0.711. The van der Waals surface area contributed by atoms with Gasteiger partial charge in [-0.2, -0.15) is 0 Å². The minimum absolute atomic E-state index is 0.651. The third-order valence-electron chi connectivity index (χ3n) is 2.95. The molecule has 0 bridgehead atoms. The standard InChI is InChI=1S/C11H15NO/c1-3-11(13)7-6-9-5-4-8(2)12-10(9)11/h4-5,13H,3,6-7H2,1-2H3. The lowest BCUT2D eigenvalue weighted by atomic mass is 9.98. The Morgan fingerprint density at radius 2 is 2.31 bits per heavy atom. The van der Waals surface area contributed by atoms with Crippen molar-refractivity contribution in [3.8, 4) is 0 Å². The van der Waals surface area contributed by atoms with Gasteiger partial charge in [0, 0.05) is 5.69 Å². The summed E-state index contributed by atoms with van der Waals surface area (Å²) in [5.41, 5.74) is 2.47. The second-order valence-corrected chi connectivity index (χ2v) is 3.85. The van der Waals surface area contributed by atoms with E-state index < -0.39 is 5.60 Å². The Morgan fingerprint density at radius 3 is 3.00 bits per heavy atom. The molecule has 1 unspecified atom stereocenters. The van der Waals surface area contributed by atoms with Crippen molar-refractivity contribution in [1.29, 1.82) is 0 Å². The lowest BCUT2D eigenvalue weighted by Gasteiger charge is -2.20. The number of rotatable bonds is 1. The van der Waals surface area contributed by atoms with Crippen molar-refractivity contribution in [1.82, 2.24) is 4.98 Å². The molecule has 13 heavy (non-hydrogen) atoms. The molecule has 2 nitrogen and oxygen atoms in total. The van der Waals surface area contributed by atoms with Crippen molar-refractivity contribution >= 4 is 0 Å². The second kappa shape index (κ2) is 2.81. The van der Waals surface area contributed by atoms with Crippen molar-refractivity contribution in [3.63, 3.8) is 0 Å². The highest BCUT2D eigenvalue weighted by molar-refractivity contribution is 5.32. The molecule has 2 rings (SSSR count). The number of pyridine rings is 1. The summed E-state index contributed by atoms with van der Waals surface area (Å²) < 4.78 is 0. The van der Waals surface area contributed by atoms with Crippen LogP contribution in [0, 0.1) is 6.92 Å². The Hall–Kier alpha value is -0.890. The van der Waals surface area contributed by atoms with Crippen molar-refractivity contribution in [2.75, 3.05) is 0 Å². The van der Waals surface area contributed by atoms with E-state index in [-0.39, 0.29) is 0 Å². The lowest BCUT2D eigenvalue weighted by molar-refractivity contribution is 0.0305. The van der Waals surface area contributed by atoms with E-state index >= 15 is 0 Å². The zero-order valence-corrected chi connectivity index (χ0v) is 8.17. The van der Waals surface area contributed by atoms with E-state index in [4.69, 9.17) is 0 Å². The summed E-state index contributed by atoms with van der Waals surface area (Å²) in [4.78, 5) is 4.43. The average Bonchev–Trinajstić information content (AvgIpc) is 2.45. The Morgan fingerprint density at radius 1 is 1.54 bits per heavy atom. The summed E-state index contributed by atoms with van der Waals surface area (Å²) >= 11 is 0. The molecular weight excluding hydrogens is 162 g/mol. The van der Waals surface area contributed by atoms with E-state index in [1.54, 1.807) is 0 Å². The third-order valence-corrected chi connectivity index (χ3v) is 2.95. The molecule has 0 saturated heterocycles. The summed E-state index contributed by atoms with van der Waals surface area (Å²) in [6.45, 7) is 3.98. The van der Waals surface area contributed by atoms with Crippen LogP contribution in [0.5, 0.6) is 0 Å². The Bertz CT molecular complexity index is 335. The maximum Gasteiger partial charge on any atom is 0.107 e. The number of aromatic nitrogens is 1. The van der Waals surface area contributed by atoms with Crippen LogP contribution in [-0.4, -0.2) is 10.1 Å². The van der Waals surface area contributed by atoms with Crippen LogP contribution < -0.4 is 0 Å². The highest BCUT2D eigenvalue weighted by Crippen LogP contribution is 2.37. The molecule has 1 heterocycles. The van der Waals surface area contributed by atoms with Gasteiger partial charge in [-0.25, -0.2) is 0 Å². The van der Waals surface area contributed by atoms with Crippen LogP contribution in [0.15, 0.2) is 12.1 Å². The second-order valence-electron chi connectivity index (χ2n) is 3.85. The Balaban J connectivity index is 2.52. The molecule has 0 aromatic carbocycles. The molecule has 2 heteroatoms. The van der Waals surface area contributed by atoms with E-state index in [0.717, 1.165) is 30.7 Å². The van der Waals surface area contributed by atoms with E-state index in [0.29, 0.717) is 0 Å². The van der Waals surface area contributed by atoms with Crippen molar-refractivity contribution < 1.29 is 5.11 Å². The van der Waals surface area contributed by atoms with Crippen molar-refractivity contribution in [3.05, 3.63) is 29.1 Å². The van der Waals surface area contributed by atoms with Crippen molar-refractivity contribution in [2.24, 2.45) is 0 Å². The largest absolute Gasteiger partial charge is 0.384 e. The smallest absolute Gasteiger partial charge is 0.107 e. The SMILES string of the molecule is CCC1(O)CCc2ccc(C)nc21. The van der Waals surface area contributed by atoms with E-state index in [9.17, 15) is 5.11 Å². The number of nitrogens with zero attached hydrogens (tertiary/aromatic N) is 1. The molecule has 1 atom stereocenters. The van der Waals surface area contributed by atoms with Crippen LogP contribution in [0.25, 0.3) is 0 Å². The minimum atomic E-state index is -0.651. The summed E-state index contributed by atoms with van der Waals surface area (Å²) in [6, 6.07) is 4.10. The molecule has 0 saturated carbocycles. The van der Waals surface area contributed by atoms with Gasteiger partial charge in [0.15, 0.2) is 0 Å².